The predicted octanol–water partition coefficient (Wildman–Crippen LogP) is 2.65. The summed E-state index contributed by atoms with van der Waals surface area (Å²) in [5, 5.41) is 0. The Bertz CT molecular complexity index is 755. The number of benzene rings is 2. The van der Waals surface area contributed by atoms with Crippen LogP contribution in [0.15, 0.2) is 54.6 Å². The number of hydrogen-bond donors (Lipinski definition) is 1. The summed E-state index contributed by atoms with van der Waals surface area (Å²) in [5.41, 5.74) is 1.89. The molecule has 0 aliphatic carbocycles. The summed E-state index contributed by atoms with van der Waals surface area (Å²) in [6.07, 6.45) is 0. The molecule has 0 amide bonds. The third kappa shape index (κ3) is 4.91. The second kappa shape index (κ2) is 7.39. The largest absolute Gasteiger partial charge is 0.465 e. The van der Waals surface area contributed by atoms with Crippen molar-refractivity contribution in [3.8, 4) is 0 Å². The van der Waals surface area contributed by atoms with Crippen molar-refractivity contribution in [2.45, 2.75) is 18.7 Å². The maximum Gasteiger partial charge on any atom is 0.337 e. The molecule has 0 spiro atoms. The monoisotopic (exact) mass is 333 g/mol. The number of carbonyl (C=O) groups is 1. The van der Waals surface area contributed by atoms with E-state index in [2.05, 4.69) is 9.46 Å². The van der Waals surface area contributed by atoms with Crippen molar-refractivity contribution in [2.24, 2.45) is 0 Å². The smallest absolute Gasteiger partial charge is 0.337 e. The molecule has 0 unspecified atom stereocenters. The molecule has 0 fully saturated rings. The first-order valence-electron chi connectivity index (χ1n) is 7.13. The van der Waals surface area contributed by atoms with Crippen LogP contribution in [-0.4, -0.2) is 21.5 Å². The van der Waals surface area contributed by atoms with E-state index in [-0.39, 0.29) is 11.8 Å². The van der Waals surface area contributed by atoms with Gasteiger partial charge in [-0.25, -0.2) is 17.9 Å². The lowest BCUT2D eigenvalue weighted by Crippen LogP contribution is -2.28. The third-order valence-electron chi connectivity index (χ3n) is 3.39. The molecular weight excluding hydrogens is 314 g/mol. The summed E-state index contributed by atoms with van der Waals surface area (Å²) in [6.45, 7) is 1.80. The Hall–Kier alpha value is -2.18. The van der Waals surface area contributed by atoms with Gasteiger partial charge >= 0.3 is 5.97 Å². The number of sulfonamides is 1. The molecule has 6 heteroatoms. The molecule has 0 aromatic heterocycles. The number of carbonyl (C=O) groups excluding carboxylic acids is 1. The fourth-order valence-corrected chi connectivity index (χ4v) is 3.58. The van der Waals surface area contributed by atoms with Crippen molar-refractivity contribution in [2.75, 3.05) is 7.11 Å². The van der Waals surface area contributed by atoms with Gasteiger partial charge in [0.25, 0.3) is 0 Å². The van der Waals surface area contributed by atoms with E-state index in [1.807, 2.05) is 30.3 Å². The van der Waals surface area contributed by atoms with Crippen LogP contribution in [0.4, 0.5) is 0 Å². The van der Waals surface area contributed by atoms with Crippen molar-refractivity contribution in [1.82, 2.24) is 4.72 Å². The van der Waals surface area contributed by atoms with Crippen LogP contribution in [-0.2, 0) is 20.5 Å². The van der Waals surface area contributed by atoms with Gasteiger partial charge in [0.2, 0.25) is 10.0 Å². The van der Waals surface area contributed by atoms with Gasteiger partial charge in [-0.15, -0.1) is 0 Å². The molecule has 2 rings (SSSR count). The zero-order valence-electron chi connectivity index (χ0n) is 13.0. The quantitative estimate of drug-likeness (QED) is 0.825. The average Bonchev–Trinajstić information content (AvgIpc) is 2.54. The maximum atomic E-state index is 12.3. The second-order valence-corrected chi connectivity index (χ2v) is 6.95. The van der Waals surface area contributed by atoms with E-state index in [1.54, 1.807) is 31.2 Å². The van der Waals surface area contributed by atoms with Crippen LogP contribution >= 0.6 is 0 Å². The van der Waals surface area contributed by atoms with Crippen molar-refractivity contribution >= 4 is 16.0 Å². The van der Waals surface area contributed by atoms with Crippen LogP contribution in [0.5, 0.6) is 0 Å². The number of ether oxygens (including phenoxy) is 1. The summed E-state index contributed by atoms with van der Waals surface area (Å²) in [4.78, 5) is 11.4. The summed E-state index contributed by atoms with van der Waals surface area (Å²) >= 11 is 0. The van der Waals surface area contributed by atoms with Crippen molar-refractivity contribution in [3.05, 3.63) is 71.3 Å². The molecule has 1 N–H and O–H groups in total. The third-order valence-corrected chi connectivity index (χ3v) is 4.81. The van der Waals surface area contributed by atoms with Gasteiger partial charge in [-0.3, -0.25) is 0 Å². The molecule has 0 radical (unpaired) electrons. The molecule has 0 aliphatic heterocycles. The molecule has 0 saturated heterocycles. The van der Waals surface area contributed by atoms with Crippen LogP contribution in [0.25, 0.3) is 0 Å². The van der Waals surface area contributed by atoms with Crippen LogP contribution in [0, 0.1) is 0 Å². The van der Waals surface area contributed by atoms with Crippen molar-refractivity contribution in [3.63, 3.8) is 0 Å². The standard InChI is InChI=1S/C17H19NO4S/c1-13(15-6-4-3-5-7-15)18-23(20,21)12-14-8-10-16(11-9-14)17(19)22-2/h3-11,13,18H,12H2,1-2H3/t13-/m0/s1. The summed E-state index contributed by atoms with van der Waals surface area (Å²) < 4.78 is 31.8. The van der Waals surface area contributed by atoms with Gasteiger partial charge < -0.3 is 4.74 Å². The Labute approximate surface area is 136 Å². The molecule has 0 bridgehead atoms. The molecule has 0 heterocycles. The number of methoxy groups -OCH3 is 1. The highest BCUT2D eigenvalue weighted by Crippen LogP contribution is 2.15. The van der Waals surface area contributed by atoms with E-state index < -0.39 is 16.0 Å². The Kier molecular flexibility index (Phi) is 5.52. The highest BCUT2D eigenvalue weighted by atomic mass is 32.2. The fraction of sp³-hybridized carbons (Fsp3) is 0.235. The van der Waals surface area contributed by atoms with Gasteiger partial charge in [0.05, 0.1) is 18.4 Å². The molecule has 2 aromatic carbocycles. The van der Waals surface area contributed by atoms with Gasteiger partial charge in [0, 0.05) is 6.04 Å². The average molecular weight is 333 g/mol. The van der Waals surface area contributed by atoms with E-state index in [4.69, 9.17) is 0 Å². The van der Waals surface area contributed by atoms with E-state index in [0.29, 0.717) is 11.1 Å². The summed E-state index contributed by atoms with van der Waals surface area (Å²) in [5.74, 6) is -0.596. The van der Waals surface area contributed by atoms with E-state index in [0.717, 1.165) is 5.56 Å². The van der Waals surface area contributed by atoms with E-state index in [1.165, 1.54) is 7.11 Å². The second-order valence-electron chi connectivity index (χ2n) is 5.20. The minimum Gasteiger partial charge on any atom is -0.465 e. The van der Waals surface area contributed by atoms with E-state index in [9.17, 15) is 13.2 Å². The highest BCUT2D eigenvalue weighted by molar-refractivity contribution is 7.88. The van der Waals surface area contributed by atoms with E-state index >= 15 is 0 Å². The van der Waals surface area contributed by atoms with Gasteiger partial charge in [-0.05, 0) is 30.2 Å². The Morgan fingerprint density at radius 1 is 1.09 bits per heavy atom. The first kappa shape index (κ1) is 17.2. The zero-order chi connectivity index (χ0) is 16.9. The normalized spacial score (nSPS) is 12.6. The minimum atomic E-state index is -3.49. The highest BCUT2D eigenvalue weighted by Gasteiger charge is 2.16. The van der Waals surface area contributed by atoms with Crippen molar-refractivity contribution in [1.29, 1.82) is 0 Å². The van der Waals surface area contributed by atoms with Crippen LogP contribution in [0.3, 0.4) is 0 Å². The molecule has 1 atom stereocenters. The van der Waals surface area contributed by atoms with Gasteiger partial charge in [-0.2, -0.15) is 0 Å². The first-order chi connectivity index (χ1) is 10.9. The maximum absolute atomic E-state index is 12.3. The molecule has 5 nitrogen and oxygen atoms in total. The first-order valence-corrected chi connectivity index (χ1v) is 8.79. The fourth-order valence-electron chi connectivity index (χ4n) is 2.20. The van der Waals surface area contributed by atoms with Crippen molar-refractivity contribution < 1.29 is 17.9 Å². The summed E-state index contributed by atoms with van der Waals surface area (Å²) in [7, 11) is -2.19. The van der Waals surface area contributed by atoms with Gasteiger partial charge in [0.1, 0.15) is 0 Å². The molecule has 23 heavy (non-hydrogen) atoms. The predicted molar refractivity (Wildman–Crippen MR) is 88.4 cm³/mol. The lowest BCUT2D eigenvalue weighted by molar-refractivity contribution is 0.0600. The molecular formula is C17H19NO4S. The Morgan fingerprint density at radius 3 is 2.26 bits per heavy atom. The Morgan fingerprint density at radius 2 is 1.70 bits per heavy atom. The van der Waals surface area contributed by atoms with Crippen LogP contribution in [0.2, 0.25) is 0 Å². The Balaban J connectivity index is 2.05. The minimum absolute atomic E-state index is 0.147. The molecule has 0 saturated carbocycles. The topological polar surface area (TPSA) is 72.5 Å². The van der Waals surface area contributed by atoms with Crippen LogP contribution < -0.4 is 4.72 Å². The van der Waals surface area contributed by atoms with Gasteiger partial charge in [-0.1, -0.05) is 42.5 Å². The molecule has 122 valence electrons. The molecule has 2 aromatic rings. The SMILES string of the molecule is COC(=O)c1ccc(CS(=O)(=O)N[C@@H](C)c2ccccc2)cc1. The summed E-state index contributed by atoms with van der Waals surface area (Å²) in [6, 6.07) is 15.4. The number of rotatable bonds is 6. The number of esters is 1. The molecule has 0 aliphatic rings. The lowest BCUT2D eigenvalue weighted by atomic mass is 10.1. The van der Waals surface area contributed by atoms with Gasteiger partial charge in [0.15, 0.2) is 0 Å². The number of nitrogens with one attached hydrogen (secondary N) is 1. The van der Waals surface area contributed by atoms with Crippen LogP contribution in [0.1, 0.15) is 34.5 Å². The number of hydrogen-bond acceptors (Lipinski definition) is 4. The lowest BCUT2D eigenvalue weighted by Gasteiger charge is -2.14. The zero-order valence-corrected chi connectivity index (χ0v) is 13.8.